The van der Waals surface area contributed by atoms with Gasteiger partial charge in [0.1, 0.15) is 11.3 Å². The van der Waals surface area contributed by atoms with Crippen LogP contribution in [0.5, 0.6) is 0 Å². The Morgan fingerprint density at radius 3 is 2.48 bits per heavy atom. The number of benzene rings is 2. The molecule has 33 heavy (non-hydrogen) atoms. The lowest BCUT2D eigenvalue weighted by Gasteiger charge is -2.11. The second-order valence-electron chi connectivity index (χ2n) is 8.57. The minimum absolute atomic E-state index is 0.608. The Kier molecular flexibility index (Phi) is 5.77. The molecule has 5 rings (SSSR count). The normalized spacial score (nSPS) is 11.5. The minimum Gasteiger partial charge on any atom is -0.351 e. The van der Waals surface area contributed by atoms with Crippen molar-refractivity contribution in [1.29, 1.82) is 0 Å². The number of nitrogens with one attached hydrogen (secondary N) is 1. The van der Waals surface area contributed by atoms with Gasteiger partial charge in [-0.25, -0.2) is 4.98 Å². The molecule has 0 aliphatic rings. The van der Waals surface area contributed by atoms with Crippen molar-refractivity contribution in [3.8, 4) is 22.5 Å². The molecular weight excluding hydrogens is 410 g/mol. The molecule has 0 radical (unpaired) electrons. The zero-order valence-corrected chi connectivity index (χ0v) is 19.4. The lowest BCUT2D eigenvalue weighted by atomic mass is 9.98. The van der Waals surface area contributed by atoms with Gasteiger partial charge in [0.05, 0.1) is 5.52 Å². The van der Waals surface area contributed by atoms with Gasteiger partial charge in [-0.3, -0.25) is 0 Å². The predicted octanol–water partition coefficient (Wildman–Crippen LogP) is 5.12. The molecule has 0 unspecified atom stereocenters. The highest BCUT2D eigenvalue weighted by atomic mass is 15.5. The Morgan fingerprint density at radius 1 is 0.970 bits per heavy atom. The van der Waals surface area contributed by atoms with E-state index in [-0.39, 0.29) is 0 Å². The number of aromatic nitrogens is 7. The monoisotopic (exact) mass is 439 g/mol. The topological polar surface area (TPSA) is 77.2 Å². The van der Waals surface area contributed by atoms with E-state index in [9.17, 15) is 0 Å². The molecule has 0 fully saturated rings. The van der Waals surface area contributed by atoms with Gasteiger partial charge in [0.2, 0.25) is 5.82 Å². The quantitative estimate of drug-likeness (QED) is 0.364. The zero-order valence-electron chi connectivity index (χ0n) is 19.4. The summed E-state index contributed by atoms with van der Waals surface area (Å²) in [6.45, 7) is 5.31. The summed E-state index contributed by atoms with van der Waals surface area (Å²) in [5, 5.41) is 14.6. The van der Waals surface area contributed by atoms with Gasteiger partial charge >= 0.3 is 0 Å². The van der Waals surface area contributed by atoms with Gasteiger partial charge in [-0.15, -0.1) is 10.2 Å². The van der Waals surface area contributed by atoms with Crippen LogP contribution in [-0.4, -0.2) is 34.7 Å². The number of nitrogens with zero attached hydrogens (tertiary/aromatic N) is 6. The van der Waals surface area contributed by atoms with E-state index in [2.05, 4.69) is 87.2 Å². The van der Waals surface area contributed by atoms with Gasteiger partial charge in [-0.05, 0) is 41.7 Å². The first-order valence-corrected chi connectivity index (χ1v) is 11.6. The molecule has 0 saturated heterocycles. The average Bonchev–Trinajstić information content (AvgIpc) is 3.56. The van der Waals surface area contributed by atoms with E-state index in [0.717, 1.165) is 41.6 Å². The molecule has 0 spiro atoms. The highest BCUT2D eigenvalue weighted by Gasteiger charge is 2.15. The van der Waals surface area contributed by atoms with Crippen LogP contribution in [0.1, 0.15) is 36.8 Å². The van der Waals surface area contributed by atoms with Gasteiger partial charge in [-0.2, -0.15) is 5.21 Å². The summed E-state index contributed by atoms with van der Waals surface area (Å²) in [4.78, 5) is 4.99. The Bertz CT molecular complexity index is 1360. The third-order valence-electron chi connectivity index (χ3n) is 6.43. The first-order valence-electron chi connectivity index (χ1n) is 11.6. The number of hydrogen-bond acceptors (Lipinski definition) is 4. The summed E-state index contributed by atoms with van der Waals surface area (Å²) >= 11 is 0. The highest BCUT2D eigenvalue weighted by Crippen LogP contribution is 2.30. The standard InChI is InChI=1S/C26H29N7/c1-4-5-10-24-27-25-18(2)32(3)17-23(25)33(24)16-15-19-11-13-20(14-12-19)21-8-6-7-9-22(21)26-28-30-31-29-26/h6-9,11-14,17H,4-5,10,15-16H2,1-3H3,(H,28,29,30,31). The Hall–Kier alpha value is -3.74. The molecule has 7 heteroatoms. The molecule has 3 heterocycles. The smallest absolute Gasteiger partial charge is 0.205 e. The molecule has 2 aromatic carbocycles. The van der Waals surface area contributed by atoms with Crippen molar-refractivity contribution in [1.82, 2.24) is 34.7 Å². The first-order chi connectivity index (χ1) is 16.2. The molecule has 0 atom stereocenters. The number of imidazole rings is 1. The number of hydrogen-bond donors (Lipinski definition) is 1. The number of fused-ring (bicyclic) bond motifs is 1. The SMILES string of the molecule is CCCCc1nc2c(C)n(C)cc2n1CCc1ccc(-c2ccccc2-c2nn[nH]n2)cc1. The van der Waals surface area contributed by atoms with Crippen LogP contribution in [0, 0.1) is 6.92 Å². The van der Waals surface area contributed by atoms with Gasteiger partial charge in [0.25, 0.3) is 0 Å². The molecular formula is C26H29N7. The summed E-state index contributed by atoms with van der Waals surface area (Å²) in [7, 11) is 2.10. The van der Waals surface area contributed by atoms with Crippen molar-refractivity contribution >= 4 is 11.0 Å². The summed E-state index contributed by atoms with van der Waals surface area (Å²) in [5.74, 6) is 1.81. The zero-order chi connectivity index (χ0) is 22.8. The number of aromatic amines is 1. The van der Waals surface area contributed by atoms with Crippen molar-refractivity contribution in [3.63, 3.8) is 0 Å². The summed E-state index contributed by atoms with van der Waals surface area (Å²) < 4.78 is 4.59. The molecule has 168 valence electrons. The largest absolute Gasteiger partial charge is 0.351 e. The molecule has 7 nitrogen and oxygen atoms in total. The third-order valence-corrected chi connectivity index (χ3v) is 6.43. The van der Waals surface area contributed by atoms with Gasteiger partial charge < -0.3 is 9.13 Å². The lowest BCUT2D eigenvalue weighted by Crippen LogP contribution is -2.07. The van der Waals surface area contributed by atoms with Crippen molar-refractivity contribution in [2.45, 2.75) is 46.1 Å². The Morgan fingerprint density at radius 2 is 1.76 bits per heavy atom. The number of H-pyrrole nitrogens is 1. The van der Waals surface area contributed by atoms with Crippen LogP contribution >= 0.6 is 0 Å². The molecule has 0 saturated carbocycles. The van der Waals surface area contributed by atoms with E-state index in [1.807, 2.05) is 18.2 Å². The van der Waals surface area contributed by atoms with Crippen LogP contribution < -0.4 is 0 Å². The molecule has 0 aliphatic carbocycles. The minimum atomic E-state index is 0.608. The van der Waals surface area contributed by atoms with Crippen molar-refractivity contribution in [2.75, 3.05) is 0 Å². The van der Waals surface area contributed by atoms with E-state index in [1.165, 1.54) is 35.4 Å². The number of rotatable bonds is 8. The molecule has 0 aliphatic heterocycles. The van der Waals surface area contributed by atoms with E-state index >= 15 is 0 Å². The summed E-state index contributed by atoms with van der Waals surface area (Å²) in [5.41, 5.74) is 8.14. The third kappa shape index (κ3) is 4.06. The van der Waals surface area contributed by atoms with Crippen LogP contribution in [0.4, 0.5) is 0 Å². The number of aryl methyl sites for hydroxylation is 5. The Balaban J connectivity index is 1.38. The lowest BCUT2D eigenvalue weighted by molar-refractivity contribution is 0.642. The second-order valence-corrected chi connectivity index (χ2v) is 8.57. The van der Waals surface area contributed by atoms with Crippen molar-refractivity contribution in [2.24, 2.45) is 7.05 Å². The number of unbranched alkanes of at least 4 members (excludes halogenated alkanes) is 1. The van der Waals surface area contributed by atoms with Crippen LogP contribution in [0.3, 0.4) is 0 Å². The second kappa shape index (κ2) is 9.02. The first kappa shape index (κ1) is 21.1. The molecule has 0 amide bonds. The molecule has 1 N–H and O–H groups in total. The fourth-order valence-electron chi connectivity index (χ4n) is 4.43. The predicted molar refractivity (Wildman–Crippen MR) is 131 cm³/mol. The van der Waals surface area contributed by atoms with Gasteiger partial charge in [0.15, 0.2) is 0 Å². The number of tetrazole rings is 1. The van der Waals surface area contributed by atoms with Crippen molar-refractivity contribution in [3.05, 3.63) is 71.8 Å². The van der Waals surface area contributed by atoms with Crippen LogP contribution in [0.2, 0.25) is 0 Å². The van der Waals surface area contributed by atoms with Crippen molar-refractivity contribution < 1.29 is 0 Å². The summed E-state index contributed by atoms with van der Waals surface area (Å²) in [6.07, 6.45) is 6.55. The maximum atomic E-state index is 4.99. The Labute approximate surface area is 193 Å². The van der Waals surface area contributed by atoms with E-state index in [4.69, 9.17) is 4.98 Å². The van der Waals surface area contributed by atoms with E-state index < -0.39 is 0 Å². The van der Waals surface area contributed by atoms with E-state index in [0.29, 0.717) is 5.82 Å². The van der Waals surface area contributed by atoms with Crippen LogP contribution in [0.25, 0.3) is 33.5 Å². The van der Waals surface area contributed by atoms with Crippen LogP contribution in [-0.2, 0) is 26.4 Å². The molecule has 3 aromatic heterocycles. The van der Waals surface area contributed by atoms with Crippen LogP contribution in [0.15, 0.2) is 54.7 Å². The maximum Gasteiger partial charge on any atom is 0.205 e. The molecule has 5 aromatic rings. The average molecular weight is 440 g/mol. The van der Waals surface area contributed by atoms with Gasteiger partial charge in [-0.1, -0.05) is 61.9 Å². The highest BCUT2D eigenvalue weighted by molar-refractivity contribution is 5.80. The molecule has 0 bridgehead atoms. The van der Waals surface area contributed by atoms with E-state index in [1.54, 1.807) is 0 Å². The van der Waals surface area contributed by atoms with Gasteiger partial charge in [0, 0.05) is 37.5 Å². The fourth-order valence-corrected chi connectivity index (χ4v) is 4.43. The maximum absolute atomic E-state index is 4.99. The summed E-state index contributed by atoms with van der Waals surface area (Å²) in [6, 6.07) is 17.0. The fraction of sp³-hybridized carbons (Fsp3) is 0.308.